The normalized spacial score (nSPS) is 11.8. The molecule has 34 heavy (non-hydrogen) atoms. The topological polar surface area (TPSA) is 102 Å². The minimum Gasteiger partial charge on any atom is -0.502 e. The smallest absolute Gasteiger partial charge is 0.227 e. The predicted octanol–water partition coefficient (Wildman–Crippen LogP) is 4.54. The molecule has 0 saturated heterocycles. The van der Waals surface area contributed by atoms with Crippen LogP contribution in [-0.2, 0) is 6.42 Å². The van der Waals surface area contributed by atoms with Crippen LogP contribution in [0.4, 0.5) is 0 Å². The SMILES string of the molecule is COc1ccc(C(=O)C(NCCc2nc(-c3ccccc3)cs2)c2oc(C)cc(=O)c2O)cc1. The molecule has 1 atom stereocenters. The number of thiazole rings is 1. The molecule has 174 valence electrons. The number of methoxy groups -OCH3 is 1. The van der Waals surface area contributed by atoms with Crippen molar-refractivity contribution in [2.24, 2.45) is 0 Å². The van der Waals surface area contributed by atoms with E-state index in [1.807, 2.05) is 35.7 Å². The molecule has 2 heterocycles. The summed E-state index contributed by atoms with van der Waals surface area (Å²) in [5.74, 6) is -0.0973. The summed E-state index contributed by atoms with van der Waals surface area (Å²) in [7, 11) is 1.54. The molecule has 2 aromatic carbocycles. The Morgan fingerprint density at radius 2 is 1.91 bits per heavy atom. The van der Waals surface area contributed by atoms with Gasteiger partial charge in [0, 0.05) is 35.5 Å². The van der Waals surface area contributed by atoms with Gasteiger partial charge in [-0.2, -0.15) is 0 Å². The van der Waals surface area contributed by atoms with Crippen molar-refractivity contribution in [1.29, 1.82) is 0 Å². The number of rotatable bonds is 9. The lowest BCUT2D eigenvalue weighted by Crippen LogP contribution is -2.31. The number of hydrogen-bond donors (Lipinski definition) is 2. The van der Waals surface area contributed by atoms with Gasteiger partial charge >= 0.3 is 0 Å². The summed E-state index contributed by atoms with van der Waals surface area (Å²) in [6.45, 7) is 1.98. The summed E-state index contributed by atoms with van der Waals surface area (Å²) in [5.41, 5.74) is 1.73. The quantitative estimate of drug-likeness (QED) is 0.342. The predicted molar refractivity (Wildman–Crippen MR) is 131 cm³/mol. The Morgan fingerprint density at radius 3 is 2.62 bits per heavy atom. The fraction of sp³-hybridized carbons (Fsp3) is 0.192. The number of carbonyl (C=O) groups excluding carboxylic acids is 1. The fourth-order valence-corrected chi connectivity index (χ4v) is 4.35. The van der Waals surface area contributed by atoms with Gasteiger partial charge in [-0.15, -0.1) is 11.3 Å². The Bertz CT molecular complexity index is 1330. The van der Waals surface area contributed by atoms with Crippen LogP contribution in [0.15, 0.2) is 75.3 Å². The summed E-state index contributed by atoms with van der Waals surface area (Å²) in [5, 5.41) is 16.4. The number of ether oxygens (including phenoxy) is 1. The number of hydrogen-bond acceptors (Lipinski definition) is 8. The van der Waals surface area contributed by atoms with Gasteiger partial charge in [0.15, 0.2) is 11.5 Å². The molecule has 1 unspecified atom stereocenters. The maximum absolute atomic E-state index is 13.4. The summed E-state index contributed by atoms with van der Waals surface area (Å²) >= 11 is 1.54. The lowest BCUT2D eigenvalue weighted by Gasteiger charge is -2.18. The highest BCUT2D eigenvalue weighted by Crippen LogP contribution is 2.27. The van der Waals surface area contributed by atoms with Crippen molar-refractivity contribution in [3.05, 3.63) is 98.4 Å². The van der Waals surface area contributed by atoms with Crippen molar-refractivity contribution in [2.75, 3.05) is 13.7 Å². The number of Topliss-reactive ketones (excluding diaryl/α,β-unsaturated/α-hetero) is 1. The number of nitrogens with one attached hydrogen (secondary N) is 1. The largest absolute Gasteiger partial charge is 0.502 e. The second kappa shape index (κ2) is 10.5. The second-order valence-electron chi connectivity index (χ2n) is 7.66. The third kappa shape index (κ3) is 5.24. The summed E-state index contributed by atoms with van der Waals surface area (Å²) < 4.78 is 10.8. The maximum atomic E-state index is 13.4. The first-order chi connectivity index (χ1) is 16.5. The third-order valence-corrected chi connectivity index (χ3v) is 6.19. The van der Waals surface area contributed by atoms with Crippen molar-refractivity contribution < 1.29 is 19.1 Å². The molecule has 0 bridgehead atoms. The van der Waals surface area contributed by atoms with E-state index in [0.29, 0.717) is 30.0 Å². The lowest BCUT2D eigenvalue weighted by molar-refractivity contribution is 0.0926. The van der Waals surface area contributed by atoms with Crippen molar-refractivity contribution in [3.8, 4) is 22.8 Å². The molecule has 2 N–H and O–H groups in total. The van der Waals surface area contributed by atoms with Crippen LogP contribution in [0, 0.1) is 6.92 Å². The zero-order valence-electron chi connectivity index (χ0n) is 18.8. The van der Waals surface area contributed by atoms with Gasteiger partial charge in [0.2, 0.25) is 11.2 Å². The molecule has 8 heteroatoms. The van der Waals surface area contributed by atoms with Gasteiger partial charge in [0.25, 0.3) is 0 Å². The van der Waals surface area contributed by atoms with Crippen LogP contribution in [0.25, 0.3) is 11.3 Å². The van der Waals surface area contributed by atoms with Crippen LogP contribution in [0.5, 0.6) is 11.5 Å². The Hall–Kier alpha value is -3.75. The Labute approximate surface area is 200 Å². The van der Waals surface area contributed by atoms with Crippen molar-refractivity contribution >= 4 is 17.1 Å². The summed E-state index contributed by atoms with van der Waals surface area (Å²) in [4.78, 5) is 30.2. The molecule has 0 amide bonds. The molecule has 0 saturated carbocycles. The first kappa shape index (κ1) is 23.4. The molecule has 4 rings (SSSR count). The van der Waals surface area contributed by atoms with E-state index >= 15 is 0 Å². The van der Waals surface area contributed by atoms with Crippen LogP contribution < -0.4 is 15.5 Å². The number of nitrogens with zero attached hydrogens (tertiary/aromatic N) is 1. The van der Waals surface area contributed by atoms with Gasteiger partial charge in [-0.25, -0.2) is 4.98 Å². The zero-order chi connectivity index (χ0) is 24.1. The number of aromatic hydroxyl groups is 1. The molecule has 4 aromatic rings. The van der Waals surface area contributed by atoms with Crippen LogP contribution in [0.3, 0.4) is 0 Å². The van der Waals surface area contributed by atoms with E-state index in [4.69, 9.17) is 9.15 Å². The standard InChI is InChI=1S/C26H24N2O5S/c1-16-14-21(29)25(31)26(33-16)23(24(30)18-8-10-19(32-2)11-9-18)27-13-12-22-28-20(15-34-22)17-6-4-3-5-7-17/h3-11,14-15,23,27,31H,12-13H2,1-2H3. The van der Waals surface area contributed by atoms with E-state index < -0.39 is 17.2 Å². The second-order valence-corrected chi connectivity index (χ2v) is 8.60. The molecule has 7 nitrogen and oxygen atoms in total. The van der Waals surface area contributed by atoms with Gasteiger partial charge < -0.3 is 19.6 Å². The van der Waals surface area contributed by atoms with Crippen molar-refractivity contribution in [1.82, 2.24) is 10.3 Å². The number of carbonyl (C=O) groups is 1. The zero-order valence-corrected chi connectivity index (χ0v) is 19.6. The van der Waals surface area contributed by atoms with E-state index in [2.05, 4.69) is 10.3 Å². The number of aryl methyl sites for hydroxylation is 1. The highest BCUT2D eigenvalue weighted by atomic mass is 32.1. The summed E-state index contributed by atoms with van der Waals surface area (Å²) in [6, 6.07) is 16.7. The highest BCUT2D eigenvalue weighted by molar-refractivity contribution is 7.09. The van der Waals surface area contributed by atoms with E-state index in [9.17, 15) is 14.7 Å². The van der Waals surface area contributed by atoms with Crippen LogP contribution >= 0.6 is 11.3 Å². The lowest BCUT2D eigenvalue weighted by atomic mass is 10.0. The fourth-order valence-electron chi connectivity index (χ4n) is 3.54. The Balaban J connectivity index is 1.55. The Kier molecular flexibility index (Phi) is 7.20. The molecular weight excluding hydrogens is 452 g/mol. The van der Waals surface area contributed by atoms with Gasteiger partial charge in [0.05, 0.1) is 17.8 Å². The molecule has 0 aliphatic carbocycles. The van der Waals surface area contributed by atoms with E-state index in [1.165, 1.54) is 17.4 Å². The molecule has 0 aliphatic heterocycles. The molecule has 0 spiro atoms. The highest BCUT2D eigenvalue weighted by Gasteiger charge is 2.28. The Morgan fingerprint density at radius 1 is 1.18 bits per heavy atom. The third-order valence-electron chi connectivity index (χ3n) is 5.28. The monoisotopic (exact) mass is 476 g/mol. The number of benzene rings is 2. The average molecular weight is 477 g/mol. The molecule has 0 aliphatic rings. The van der Waals surface area contributed by atoms with E-state index in [-0.39, 0.29) is 11.5 Å². The van der Waals surface area contributed by atoms with Gasteiger partial charge in [-0.05, 0) is 31.2 Å². The maximum Gasteiger partial charge on any atom is 0.227 e. The van der Waals surface area contributed by atoms with Gasteiger partial charge in [-0.1, -0.05) is 30.3 Å². The van der Waals surface area contributed by atoms with Crippen molar-refractivity contribution in [2.45, 2.75) is 19.4 Å². The molecule has 0 radical (unpaired) electrons. The van der Waals surface area contributed by atoms with Gasteiger partial charge in [0.1, 0.15) is 17.6 Å². The van der Waals surface area contributed by atoms with Crippen molar-refractivity contribution in [3.63, 3.8) is 0 Å². The van der Waals surface area contributed by atoms with Crippen LogP contribution in [-0.4, -0.2) is 29.5 Å². The van der Waals surface area contributed by atoms with Crippen LogP contribution in [0.1, 0.15) is 32.9 Å². The minimum absolute atomic E-state index is 0.102. The van der Waals surface area contributed by atoms with E-state index in [0.717, 1.165) is 16.3 Å². The number of ketones is 1. The molecular formula is C26H24N2O5S. The van der Waals surface area contributed by atoms with Crippen LogP contribution in [0.2, 0.25) is 0 Å². The van der Waals surface area contributed by atoms with Gasteiger partial charge in [-0.3, -0.25) is 9.59 Å². The summed E-state index contributed by atoms with van der Waals surface area (Å²) in [6.07, 6.45) is 0.556. The molecule has 2 aromatic heterocycles. The number of aromatic nitrogens is 1. The van der Waals surface area contributed by atoms with E-state index in [1.54, 1.807) is 38.3 Å². The first-order valence-electron chi connectivity index (χ1n) is 10.7. The first-order valence-corrected chi connectivity index (χ1v) is 11.6. The average Bonchev–Trinajstić information content (AvgIpc) is 3.33. The molecule has 0 fully saturated rings. The minimum atomic E-state index is -1.05.